The van der Waals surface area contributed by atoms with Crippen LogP contribution in [-0.2, 0) is 0 Å². The molecule has 0 N–H and O–H groups in total. The third kappa shape index (κ3) is 3.54. The number of piperidine rings is 1. The summed E-state index contributed by atoms with van der Waals surface area (Å²) in [4.78, 5) is 44.4. The van der Waals surface area contributed by atoms with Crippen LogP contribution in [0, 0.1) is 5.92 Å². The van der Waals surface area contributed by atoms with Gasteiger partial charge in [0.2, 0.25) is 0 Å². The number of benzene rings is 1. The molecule has 0 aliphatic carbocycles. The van der Waals surface area contributed by atoms with Crippen molar-refractivity contribution >= 4 is 17.3 Å². The molecule has 31 heavy (non-hydrogen) atoms. The van der Waals surface area contributed by atoms with Crippen molar-refractivity contribution in [3.05, 3.63) is 70.3 Å². The van der Waals surface area contributed by atoms with Gasteiger partial charge in [-0.15, -0.1) is 0 Å². The van der Waals surface area contributed by atoms with Gasteiger partial charge in [0.25, 0.3) is 11.5 Å². The van der Waals surface area contributed by atoms with E-state index in [1.54, 1.807) is 47.5 Å². The van der Waals surface area contributed by atoms with Gasteiger partial charge in [0.1, 0.15) is 24.4 Å². The number of carbonyl (C=O) groups excluding carboxylic acids is 2. The molecule has 1 amide bonds. The van der Waals surface area contributed by atoms with E-state index in [2.05, 4.69) is 4.98 Å². The Hall–Kier alpha value is -3.68. The van der Waals surface area contributed by atoms with Gasteiger partial charge in [-0.25, -0.2) is 4.98 Å². The van der Waals surface area contributed by atoms with Crippen LogP contribution in [0.5, 0.6) is 11.5 Å². The molecule has 8 heteroatoms. The molecule has 4 heterocycles. The maximum atomic E-state index is 13.0. The van der Waals surface area contributed by atoms with Gasteiger partial charge >= 0.3 is 0 Å². The Kier molecular flexibility index (Phi) is 4.89. The molecule has 0 spiro atoms. The number of aromatic nitrogens is 2. The molecule has 0 radical (unpaired) electrons. The minimum absolute atomic E-state index is 0.0384. The van der Waals surface area contributed by atoms with Crippen LogP contribution in [-0.4, -0.2) is 52.3 Å². The van der Waals surface area contributed by atoms with Gasteiger partial charge < -0.3 is 14.4 Å². The van der Waals surface area contributed by atoms with Gasteiger partial charge in [0.15, 0.2) is 17.3 Å². The van der Waals surface area contributed by atoms with Crippen LogP contribution in [0.3, 0.4) is 0 Å². The predicted molar refractivity (Wildman–Crippen MR) is 112 cm³/mol. The zero-order valence-corrected chi connectivity index (χ0v) is 16.8. The van der Waals surface area contributed by atoms with Gasteiger partial charge in [-0.1, -0.05) is 6.07 Å². The van der Waals surface area contributed by atoms with E-state index in [1.807, 2.05) is 0 Å². The monoisotopic (exact) mass is 419 g/mol. The van der Waals surface area contributed by atoms with E-state index in [-0.39, 0.29) is 28.7 Å². The fourth-order valence-electron chi connectivity index (χ4n) is 4.12. The zero-order chi connectivity index (χ0) is 21.4. The molecule has 0 atom stereocenters. The van der Waals surface area contributed by atoms with Crippen molar-refractivity contribution in [2.75, 3.05) is 26.3 Å². The predicted octanol–water partition coefficient (Wildman–Crippen LogP) is 2.20. The average molecular weight is 419 g/mol. The Morgan fingerprint density at radius 3 is 2.58 bits per heavy atom. The number of rotatable bonds is 3. The highest BCUT2D eigenvalue weighted by Crippen LogP contribution is 2.32. The number of likely N-dealkylation sites (tertiary alicyclic amines) is 1. The van der Waals surface area contributed by atoms with Crippen molar-refractivity contribution in [3.63, 3.8) is 0 Å². The SMILES string of the molecule is O=C(c1ccc2c(c1)OCCO2)C1CCN(C(=O)c2cnc3ccccn3c2=O)CC1. The maximum Gasteiger partial charge on any atom is 0.270 e. The molecule has 1 saturated heterocycles. The summed E-state index contributed by atoms with van der Waals surface area (Å²) < 4.78 is 12.4. The summed E-state index contributed by atoms with van der Waals surface area (Å²) in [6, 6.07) is 10.5. The van der Waals surface area contributed by atoms with Crippen LogP contribution < -0.4 is 15.0 Å². The molecular formula is C23H21N3O5. The van der Waals surface area contributed by atoms with Crippen LogP contribution >= 0.6 is 0 Å². The van der Waals surface area contributed by atoms with Crippen LogP contribution in [0.25, 0.3) is 5.65 Å². The van der Waals surface area contributed by atoms with E-state index >= 15 is 0 Å². The van der Waals surface area contributed by atoms with Crippen molar-refractivity contribution in [2.24, 2.45) is 5.92 Å². The fraction of sp³-hybridized carbons (Fsp3) is 0.304. The highest BCUT2D eigenvalue weighted by molar-refractivity contribution is 5.99. The quantitative estimate of drug-likeness (QED) is 0.605. The standard InChI is InChI=1S/C23H21N3O5/c27-21(16-4-5-18-19(13-16)31-12-11-30-18)15-6-9-25(10-7-15)22(28)17-14-24-20-3-1-2-8-26(20)23(17)29/h1-5,8,13-15H,6-7,9-12H2. The second-order valence-corrected chi connectivity index (χ2v) is 7.70. The van der Waals surface area contributed by atoms with E-state index in [0.29, 0.717) is 61.9 Å². The third-order valence-electron chi connectivity index (χ3n) is 5.82. The summed E-state index contributed by atoms with van der Waals surface area (Å²) in [5.41, 5.74) is 0.740. The summed E-state index contributed by atoms with van der Waals surface area (Å²) in [5, 5.41) is 0. The first-order valence-electron chi connectivity index (χ1n) is 10.3. The van der Waals surface area contributed by atoms with Crippen LogP contribution in [0.2, 0.25) is 0 Å². The molecule has 2 aliphatic heterocycles. The minimum atomic E-state index is -0.384. The normalized spacial score (nSPS) is 16.3. The topological polar surface area (TPSA) is 90.2 Å². The first-order valence-corrected chi connectivity index (χ1v) is 10.3. The van der Waals surface area contributed by atoms with Crippen molar-refractivity contribution in [1.82, 2.24) is 14.3 Å². The third-order valence-corrected chi connectivity index (χ3v) is 5.82. The Morgan fingerprint density at radius 2 is 1.77 bits per heavy atom. The molecule has 5 rings (SSSR count). The number of nitrogens with zero attached hydrogens (tertiary/aromatic N) is 3. The Morgan fingerprint density at radius 1 is 1.00 bits per heavy atom. The van der Waals surface area contributed by atoms with Gasteiger partial charge in [-0.05, 0) is 43.2 Å². The second-order valence-electron chi connectivity index (χ2n) is 7.70. The van der Waals surface area contributed by atoms with Crippen molar-refractivity contribution in [1.29, 1.82) is 0 Å². The summed E-state index contributed by atoms with van der Waals surface area (Å²) in [5.74, 6) is 0.757. The average Bonchev–Trinajstić information content (AvgIpc) is 2.83. The van der Waals surface area contributed by atoms with E-state index in [9.17, 15) is 14.4 Å². The summed E-state index contributed by atoms with van der Waals surface area (Å²) in [7, 11) is 0. The molecule has 1 aromatic carbocycles. The summed E-state index contributed by atoms with van der Waals surface area (Å²) in [6.45, 7) is 1.80. The lowest BCUT2D eigenvalue weighted by molar-refractivity contribution is 0.0648. The highest BCUT2D eigenvalue weighted by atomic mass is 16.6. The fourth-order valence-corrected chi connectivity index (χ4v) is 4.12. The highest BCUT2D eigenvalue weighted by Gasteiger charge is 2.30. The van der Waals surface area contributed by atoms with Crippen LogP contribution in [0.1, 0.15) is 33.6 Å². The van der Waals surface area contributed by atoms with Gasteiger partial charge in [-0.3, -0.25) is 18.8 Å². The number of ether oxygens (including phenoxy) is 2. The smallest absolute Gasteiger partial charge is 0.270 e. The minimum Gasteiger partial charge on any atom is -0.486 e. The molecule has 0 unspecified atom stereocenters. The number of carbonyl (C=O) groups is 2. The van der Waals surface area contributed by atoms with Gasteiger partial charge in [-0.2, -0.15) is 0 Å². The molecule has 0 bridgehead atoms. The Labute approximate surface area is 178 Å². The van der Waals surface area contributed by atoms with Crippen molar-refractivity contribution < 1.29 is 19.1 Å². The number of fused-ring (bicyclic) bond motifs is 2. The van der Waals surface area contributed by atoms with E-state index in [4.69, 9.17) is 9.47 Å². The second kappa shape index (κ2) is 7.86. The lowest BCUT2D eigenvalue weighted by Gasteiger charge is -2.31. The number of hydrogen-bond acceptors (Lipinski definition) is 6. The summed E-state index contributed by atoms with van der Waals surface area (Å²) >= 11 is 0. The molecule has 0 saturated carbocycles. The van der Waals surface area contributed by atoms with E-state index in [1.165, 1.54) is 10.6 Å². The first kappa shape index (κ1) is 19.3. The molecule has 3 aromatic rings. The number of Topliss-reactive ketones (excluding diaryl/α,β-unsaturated/α-hetero) is 1. The number of ketones is 1. The molecule has 158 valence electrons. The van der Waals surface area contributed by atoms with Gasteiger partial charge in [0, 0.05) is 37.0 Å². The largest absolute Gasteiger partial charge is 0.486 e. The molecule has 8 nitrogen and oxygen atoms in total. The number of pyridine rings is 1. The lowest BCUT2D eigenvalue weighted by atomic mass is 9.88. The van der Waals surface area contributed by atoms with E-state index < -0.39 is 0 Å². The first-order chi connectivity index (χ1) is 15.1. The van der Waals surface area contributed by atoms with Crippen LogP contribution in [0.4, 0.5) is 0 Å². The zero-order valence-electron chi connectivity index (χ0n) is 16.8. The molecular weight excluding hydrogens is 398 g/mol. The van der Waals surface area contributed by atoms with Crippen molar-refractivity contribution in [3.8, 4) is 11.5 Å². The molecule has 2 aliphatic rings. The van der Waals surface area contributed by atoms with Gasteiger partial charge in [0.05, 0.1) is 0 Å². The molecule has 2 aromatic heterocycles. The van der Waals surface area contributed by atoms with Crippen molar-refractivity contribution in [2.45, 2.75) is 12.8 Å². The van der Waals surface area contributed by atoms with E-state index in [0.717, 1.165) is 0 Å². The Balaban J connectivity index is 1.28. The summed E-state index contributed by atoms with van der Waals surface area (Å²) in [6.07, 6.45) is 4.02. The number of hydrogen-bond donors (Lipinski definition) is 0. The number of amides is 1. The maximum absolute atomic E-state index is 13.0. The molecule has 1 fully saturated rings. The Bertz CT molecular complexity index is 1230. The van der Waals surface area contributed by atoms with Crippen LogP contribution in [0.15, 0.2) is 53.6 Å². The lowest BCUT2D eigenvalue weighted by Crippen LogP contribution is -2.42.